The number of hydrogen-bond acceptors (Lipinski definition) is 5. The molecule has 84 valence electrons. The Labute approximate surface area is 93.2 Å². The third kappa shape index (κ3) is 1.42. The van der Waals surface area contributed by atoms with Gasteiger partial charge in [-0.2, -0.15) is 0 Å². The second-order valence-electron chi connectivity index (χ2n) is 3.82. The summed E-state index contributed by atoms with van der Waals surface area (Å²) in [5.41, 5.74) is 0.868. The molecule has 3 aliphatic heterocycles. The highest BCUT2D eigenvalue weighted by atomic mass is 16.5. The zero-order valence-electron chi connectivity index (χ0n) is 9.13. The average molecular weight is 219 g/mol. The first-order valence-corrected chi connectivity index (χ1v) is 5.31. The molecule has 0 unspecified atom stereocenters. The lowest BCUT2D eigenvalue weighted by Crippen LogP contribution is -2.38. The van der Waals surface area contributed by atoms with Gasteiger partial charge in [-0.25, -0.2) is 15.0 Å². The fourth-order valence-electron chi connectivity index (χ4n) is 2.02. The van der Waals surface area contributed by atoms with Crippen LogP contribution in [-0.2, 0) is 11.8 Å². The number of imidazole rings is 1. The van der Waals surface area contributed by atoms with Crippen LogP contribution in [0.25, 0.3) is 11.5 Å². The van der Waals surface area contributed by atoms with Crippen LogP contribution in [0.1, 0.15) is 0 Å². The van der Waals surface area contributed by atoms with E-state index >= 15 is 0 Å². The molecule has 0 spiro atoms. The minimum atomic E-state index is 0.708. The predicted molar refractivity (Wildman–Crippen MR) is 58.5 cm³/mol. The van der Waals surface area contributed by atoms with E-state index in [-0.39, 0.29) is 0 Å². The Hall–Kier alpha value is -1.69. The normalized spacial score (nSPS) is 16.9. The minimum absolute atomic E-state index is 0.708. The first kappa shape index (κ1) is 9.53. The second-order valence-corrected chi connectivity index (χ2v) is 3.82. The molecule has 3 heterocycles. The third-order valence-electron chi connectivity index (χ3n) is 2.79. The van der Waals surface area contributed by atoms with Crippen molar-refractivity contribution in [2.45, 2.75) is 0 Å². The summed E-state index contributed by atoms with van der Waals surface area (Å²) in [5.74, 6) is 1.78. The van der Waals surface area contributed by atoms with E-state index in [0.29, 0.717) is 5.82 Å². The van der Waals surface area contributed by atoms with E-state index in [0.717, 1.165) is 37.8 Å². The predicted octanol–water partition coefficient (Wildman–Crippen LogP) is 0.151. The number of hydrogen-bond donors (Lipinski definition) is 0. The van der Waals surface area contributed by atoms with Gasteiger partial charge < -0.3 is 14.2 Å². The number of rotatable bonds is 1. The van der Waals surface area contributed by atoms with Crippen LogP contribution in [0, 0.1) is 0 Å². The molecule has 0 N–H and O–H groups in total. The van der Waals surface area contributed by atoms with Crippen molar-refractivity contribution in [1.82, 2.24) is 19.5 Å². The van der Waals surface area contributed by atoms with Crippen molar-refractivity contribution >= 4 is 5.82 Å². The molecule has 6 heteroatoms. The molecule has 0 radical (unpaired) electrons. The highest BCUT2D eigenvalue weighted by Crippen LogP contribution is 2.27. The molecular formula is C10H13N5O. The quantitative estimate of drug-likeness (QED) is 0.683. The molecule has 1 fully saturated rings. The van der Waals surface area contributed by atoms with Crippen molar-refractivity contribution in [3.63, 3.8) is 0 Å². The Morgan fingerprint density at radius 1 is 1.19 bits per heavy atom. The summed E-state index contributed by atoms with van der Waals surface area (Å²) in [5, 5.41) is 0. The number of anilines is 1. The van der Waals surface area contributed by atoms with E-state index < -0.39 is 0 Å². The van der Waals surface area contributed by atoms with E-state index in [1.54, 1.807) is 12.7 Å². The first-order chi connectivity index (χ1) is 7.86. The van der Waals surface area contributed by atoms with Crippen LogP contribution in [0.4, 0.5) is 5.82 Å². The molecule has 3 rings (SSSR count). The molecule has 0 aromatic heterocycles. The molecule has 0 saturated carbocycles. The van der Waals surface area contributed by atoms with Gasteiger partial charge in [0, 0.05) is 20.1 Å². The summed E-state index contributed by atoms with van der Waals surface area (Å²) >= 11 is 0. The standard InChI is InChI=1S/C10H13N5O/c1-14-7-13-9-8(11-6-12-9)10(14)15-2-4-16-5-3-15/h6-7H,2-5H2,1H3. The lowest BCUT2D eigenvalue weighted by Gasteiger charge is -2.30. The summed E-state index contributed by atoms with van der Waals surface area (Å²) in [7, 11) is 1.98. The molecule has 0 atom stereocenters. The van der Waals surface area contributed by atoms with Gasteiger partial charge >= 0.3 is 0 Å². The van der Waals surface area contributed by atoms with Crippen molar-refractivity contribution in [3.05, 3.63) is 12.7 Å². The number of fused-ring (bicyclic) bond motifs is 1. The van der Waals surface area contributed by atoms with Gasteiger partial charge in [0.05, 0.1) is 19.5 Å². The number of aromatic nitrogens is 4. The summed E-state index contributed by atoms with van der Waals surface area (Å²) in [4.78, 5) is 14.9. The van der Waals surface area contributed by atoms with Gasteiger partial charge in [0.25, 0.3) is 0 Å². The van der Waals surface area contributed by atoms with Gasteiger partial charge in [-0.3, -0.25) is 0 Å². The Kier molecular flexibility index (Phi) is 2.21. The van der Waals surface area contributed by atoms with Gasteiger partial charge in [0.2, 0.25) is 0 Å². The van der Waals surface area contributed by atoms with Crippen LogP contribution < -0.4 is 4.90 Å². The summed E-state index contributed by atoms with van der Waals surface area (Å²) in [6, 6.07) is 0. The number of aryl methyl sites for hydroxylation is 1. The average Bonchev–Trinajstić information content (AvgIpc) is 2.78. The Morgan fingerprint density at radius 3 is 2.81 bits per heavy atom. The molecule has 6 nitrogen and oxygen atoms in total. The lowest BCUT2D eigenvalue weighted by atomic mass is 10.3. The maximum absolute atomic E-state index is 5.35. The largest absolute Gasteiger partial charge is 0.378 e. The van der Waals surface area contributed by atoms with Crippen LogP contribution in [-0.4, -0.2) is 45.8 Å². The Bertz CT molecular complexity index is 462. The van der Waals surface area contributed by atoms with Gasteiger partial charge in [0.1, 0.15) is 12.1 Å². The fraction of sp³-hybridized carbons (Fsp3) is 0.500. The van der Waals surface area contributed by atoms with Gasteiger partial charge in [-0.1, -0.05) is 0 Å². The highest BCUT2D eigenvalue weighted by Gasteiger charge is 2.21. The minimum Gasteiger partial charge on any atom is -0.378 e. The van der Waals surface area contributed by atoms with Crippen LogP contribution in [0.2, 0.25) is 0 Å². The van der Waals surface area contributed by atoms with Crippen LogP contribution in [0.15, 0.2) is 12.7 Å². The number of nitrogens with zero attached hydrogens (tertiary/aromatic N) is 5. The van der Waals surface area contributed by atoms with Crippen molar-refractivity contribution < 1.29 is 4.74 Å². The van der Waals surface area contributed by atoms with Gasteiger partial charge in [0.15, 0.2) is 11.5 Å². The second kappa shape index (κ2) is 3.71. The summed E-state index contributed by atoms with van der Waals surface area (Å²) < 4.78 is 7.34. The zero-order chi connectivity index (χ0) is 11.0. The molecule has 0 aliphatic carbocycles. The smallest absolute Gasteiger partial charge is 0.184 e. The van der Waals surface area contributed by atoms with E-state index in [4.69, 9.17) is 4.74 Å². The maximum Gasteiger partial charge on any atom is 0.184 e. The van der Waals surface area contributed by atoms with Crippen molar-refractivity contribution in [3.8, 4) is 11.5 Å². The Morgan fingerprint density at radius 2 is 2.00 bits per heavy atom. The zero-order valence-corrected chi connectivity index (χ0v) is 9.13. The van der Waals surface area contributed by atoms with E-state index in [1.807, 2.05) is 11.6 Å². The fourth-order valence-corrected chi connectivity index (χ4v) is 2.02. The van der Waals surface area contributed by atoms with Crippen LogP contribution in [0.3, 0.4) is 0 Å². The van der Waals surface area contributed by atoms with Crippen LogP contribution in [0.5, 0.6) is 0 Å². The van der Waals surface area contributed by atoms with Gasteiger partial charge in [-0.15, -0.1) is 0 Å². The first-order valence-electron chi connectivity index (χ1n) is 5.31. The highest BCUT2D eigenvalue weighted by molar-refractivity contribution is 5.68. The van der Waals surface area contributed by atoms with E-state index in [9.17, 15) is 0 Å². The molecule has 0 aromatic rings. The maximum atomic E-state index is 5.35. The van der Waals surface area contributed by atoms with Gasteiger partial charge in [-0.05, 0) is 0 Å². The van der Waals surface area contributed by atoms with Crippen molar-refractivity contribution in [1.29, 1.82) is 0 Å². The number of ether oxygens (including phenoxy) is 1. The van der Waals surface area contributed by atoms with Crippen molar-refractivity contribution in [2.75, 3.05) is 31.2 Å². The number of morpholine rings is 1. The lowest BCUT2D eigenvalue weighted by molar-refractivity contribution is 0.122. The molecule has 3 aliphatic rings. The molecule has 0 amide bonds. The molecule has 0 bridgehead atoms. The van der Waals surface area contributed by atoms with E-state index in [1.165, 1.54) is 0 Å². The molecule has 0 aromatic carbocycles. The van der Waals surface area contributed by atoms with E-state index in [2.05, 4.69) is 19.9 Å². The third-order valence-corrected chi connectivity index (χ3v) is 2.79. The van der Waals surface area contributed by atoms with Crippen molar-refractivity contribution in [2.24, 2.45) is 7.05 Å². The summed E-state index contributed by atoms with van der Waals surface area (Å²) in [6.07, 6.45) is 3.34. The molecule has 16 heavy (non-hydrogen) atoms. The topological polar surface area (TPSA) is 56.1 Å². The molecular weight excluding hydrogens is 206 g/mol. The molecule has 1 saturated heterocycles. The summed E-state index contributed by atoms with van der Waals surface area (Å²) in [6.45, 7) is 3.30. The van der Waals surface area contributed by atoms with Crippen LogP contribution >= 0.6 is 0 Å². The monoisotopic (exact) mass is 219 g/mol. The Balaban J connectivity index is 2.07. The SMILES string of the molecule is Cn1cnc2ncnc-2c1N1CCOCC1.